The molecule has 0 aromatic rings. The Balaban J connectivity index is 3.39. The minimum Gasteiger partial charge on any atom is -0.330 e. The largest absolute Gasteiger partial charge is 0.460 e. The molecule has 1 saturated heterocycles. The first-order valence-electron chi connectivity index (χ1n) is 7.25. The number of carbonyl (C=O) groups excluding carboxylic acids is 1. The van der Waals surface area contributed by atoms with Crippen LogP contribution in [0.15, 0.2) is 12.2 Å². The smallest absolute Gasteiger partial charge is 0.330 e. The zero-order valence-corrected chi connectivity index (χ0v) is 13.1. The van der Waals surface area contributed by atoms with Gasteiger partial charge in [-0.15, -0.1) is 0 Å². The summed E-state index contributed by atoms with van der Waals surface area (Å²) in [5.41, 5.74) is -0.325. The van der Waals surface area contributed by atoms with Crippen molar-refractivity contribution in [1.29, 1.82) is 0 Å². The summed E-state index contributed by atoms with van der Waals surface area (Å²) >= 11 is 0. The van der Waals surface area contributed by atoms with Gasteiger partial charge in [-0.3, -0.25) is 4.79 Å². The summed E-state index contributed by atoms with van der Waals surface area (Å²) in [6.45, 7) is 3.79. The van der Waals surface area contributed by atoms with Gasteiger partial charge < -0.3 is 4.90 Å². The Morgan fingerprint density at radius 3 is 1.88 bits per heavy atom. The van der Waals surface area contributed by atoms with Crippen LogP contribution >= 0.6 is 0 Å². The van der Waals surface area contributed by atoms with Crippen molar-refractivity contribution < 1.29 is 44.3 Å². The molecule has 0 saturated carbocycles. The molecule has 1 unspecified atom stereocenters. The molecule has 0 aromatic heterocycles. The van der Waals surface area contributed by atoms with Crippen LogP contribution in [0.4, 0.5) is 39.5 Å². The summed E-state index contributed by atoms with van der Waals surface area (Å²) in [4.78, 5) is 12.1. The van der Waals surface area contributed by atoms with E-state index in [9.17, 15) is 44.3 Å². The molecule has 0 spiro atoms. The van der Waals surface area contributed by atoms with E-state index in [2.05, 4.69) is 6.58 Å². The van der Waals surface area contributed by atoms with Gasteiger partial charge in [0.25, 0.3) is 0 Å². The average molecular weight is 385 g/mol. The minimum atomic E-state index is -6.96. The second-order valence-electron chi connectivity index (χ2n) is 5.91. The summed E-state index contributed by atoms with van der Waals surface area (Å²) in [6, 6.07) is -2.80. The molecule has 11 heteroatoms. The molecule has 1 atom stereocenters. The van der Waals surface area contributed by atoms with Gasteiger partial charge in [0.05, 0.1) is 0 Å². The van der Waals surface area contributed by atoms with Crippen molar-refractivity contribution in [3.8, 4) is 0 Å². The van der Waals surface area contributed by atoms with E-state index in [0.717, 1.165) is 6.92 Å². The Morgan fingerprint density at radius 2 is 1.44 bits per heavy atom. The monoisotopic (exact) mass is 385 g/mol. The number of nitrogens with zero attached hydrogens (tertiary/aromatic N) is 1. The molecule has 1 rings (SSSR count). The summed E-state index contributed by atoms with van der Waals surface area (Å²) in [6.07, 6.45) is -7.50. The van der Waals surface area contributed by atoms with Crippen LogP contribution < -0.4 is 0 Å². The molecule has 0 radical (unpaired) electrons. The van der Waals surface area contributed by atoms with Crippen LogP contribution in [-0.2, 0) is 4.79 Å². The van der Waals surface area contributed by atoms with Gasteiger partial charge in [0.2, 0.25) is 5.91 Å². The summed E-state index contributed by atoms with van der Waals surface area (Å²) < 4.78 is 119. The van der Waals surface area contributed by atoms with Crippen LogP contribution in [0.5, 0.6) is 0 Å². The van der Waals surface area contributed by atoms with Crippen molar-refractivity contribution in [2.45, 2.75) is 62.6 Å². The third-order valence-corrected chi connectivity index (χ3v) is 3.97. The Bertz CT molecular complexity index is 527. The molecule has 1 heterocycles. The fraction of sp³-hybridized carbons (Fsp3) is 0.786. The predicted octanol–water partition coefficient (Wildman–Crippen LogP) is 4.80. The minimum absolute atomic E-state index is 0.118. The molecule has 0 N–H and O–H groups in total. The van der Waals surface area contributed by atoms with Gasteiger partial charge in [0.1, 0.15) is 6.04 Å². The Kier molecular flexibility index (Phi) is 5.81. The second kappa shape index (κ2) is 6.71. The quantitative estimate of drug-likeness (QED) is 0.503. The number of rotatable bonds is 4. The van der Waals surface area contributed by atoms with Gasteiger partial charge in [0.15, 0.2) is 0 Å². The van der Waals surface area contributed by atoms with Crippen molar-refractivity contribution in [3.63, 3.8) is 0 Å². The lowest BCUT2D eigenvalue weighted by Gasteiger charge is -2.41. The van der Waals surface area contributed by atoms with E-state index >= 15 is 0 Å². The molecule has 0 bridgehead atoms. The maximum Gasteiger partial charge on any atom is 0.460 e. The number of amides is 1. The maximum absolute atomic E-state index is 14.2. The number of halogens is 9. The number of carbonyl (C=O) groups is 1. The Morgan fingerprint density at radius 1 is 0.920 bits per heavy atom. The van der Waals surface area contributed by atoms with Gasteiger partial charge in [-0.25, -0.2) is 0 Å². The molecule has 0 aliphatic carbocycles. The van der Waals surface area contributed by atoms with Crippen LogP contribution in [0.25, 0.3) is 0 Å². The van der Waals surface area contributed by atoms with Crippen LogP contribution in [0, 0.1) is 0 Å². The van der Waals surface area contributed by atoms with Gasteiger partial charge in [-0.2, -0.15) is 39.5 Å². The molecule has 25 heavy (non-hydrogen) atoms. The van der Waals surface area contributed by atoms with Gasteiger partial charge in [-0.1, -0.05) is 19.4 Å². The topological polar surface area (TPSA) is 20.3 Å². The Hall–Kier alpha value is -1.42. The van der Waals surface area contributed by atoms with Crippen molar-refractivity contribution in [1.82, 2.24) is 4.90 Å². The average Bonchev–Trinajstić information content (AvgIpc) is 2.70. The zero-order valence-electron chi connectivity index (χ0n) is 13.1. The fourth-order valence-corrected chi connectivity index (χ4v) is 2.57. The lowest BCUT2D eigenvalue weighted by molar-refractivity contribution is -0.402. The molecule has 0 aromatic carbocycles. The van der Waals surface area contributed by atoms with Gasteiger partial charge in [-0.05, 0) is 19.8 Å². The van der Waals surface area contributed by atoms with E-state index < -0.39 is 48.9 Å². The van der Waals surface area contributed by atoms with Crippen LogP contribution in [0.2, 0.25) is 0 Å². The van der Waals surface area contributed by atoms with Crippen LogP contribution in [0.3, 0.4) is 0 Å². The molecular weight excluding hydrogens is 369 g/mol. The summed E-state index contributed by atoms with van der Waals surface area (Å²) in [5.74, 6) is -20.7. The van der Waals surface area contributed by atoms with Gasteiger partial charge >= 0.3 is 23.9 Å². The predicted molar refractivity (Wildman–Crippen MR) is 69.7 cm³/mol. The van der Waals surface area contributed by atoms with Crippen molar-refractivity contribution in [3.05, 3.63) is 12.2 Å². The van der Waals surface area contributed by atoms with E-state index in [0.29, 0.717) is 0 Å². The van der Waals surface area contributed by atoms with Crippen LogP contribution in [0.1, 0.15) is 32.6 Å². The molecule has 146 valence electrons. The highest BCUT2D eigenvalue weighted by atomic mass is 19.4. The molecule has 1 fully saturated rings. The first-order valence-corrected chi connectivity index (χ1v) is 7.25. The molecular formula is C14H16F9NO. The number of hydrogen-bond donors (Lipinski definition) is 0. The van der Waals surface area contributed by atoms with E-state index in [4.69, 9.17) is 0 Å². The van der Waals surface area contributed by atoms with Gasteiger partial charge in [0, 0.05) is 12.1 Å². The Labute approximate surface area is 137 Å². The van der Waals surface area contributed by atoms with E-state index in [-0.39, 0.29) is 29.7 Å². The first-order chi connectivity index (χ1) is 11.1. The fourth-order valence-electron chi connectivity index (χ4n) is 2.57. The lowest BCUT2D eigenvalue weighted by atomic mass is 9.93. The molecule has 1 aliphatic heterocycles. The normalized spacial score (nSPS) is 21.0. The highest BCUT2D eigenvalue weighted by molar-refractivity contribution is 5.92. The zero-order chi connectivity index (χ0) is 19.8. The summed E-state index contributed by atoms with van der Waals surface area (Å²) in [5, 5.41) is 0. The lowest BCUT2D eigenvalue weighted by Crippen LogP contribution is -2.67. The van der Waals surface area contributed by atoms with E-state index in [1.54, 1.807) is 0 Å². The maximum atomic E-state index is 14.2. The third kappa shape index (κ3) is 3.59. The SMILES string of the molecule is C=C(C)C(=O)N1CCCCCC1C(F)(F)C(F)(F)C(F)(F)C(F)(F)F. The number of hydrogen-bond acceptors (Lipinski definition) is 1. The number of alkyl halides is 9. The highest BCUT2D eigenvalue weighted by Gasteiger charge is 2.83. The highest BCUT2D eigenvalue weighted by Crippen LogP contribution is 2.55. The number of likely N-dealkylation sites (tertiary alicyclic amines) is 1. The third-order valence-electron chi connectivity index (χ3n) is 3.97. The van der Waals surface area contributed by atoms with Crippen molar-refractivity contribution in [2.24, 2.45) is 0 Å². The van der Waals surface area contributed by atoms with Crippen molar-refractivity contribution in [2.75, 3.05) is 6.54 Å². The second-order valence-corrected chi connectivity index (χ2v) is 5.91. The standard InChI is InChI=1S/C14H16F9NO/c1-8(2)10(25)24-7-5-3-4-6-9(24)11(15,16)12(17,18)13(19,20)14(21,22)23/h9H,1,3-7H2,2H3. The van der Waals surface area contributed by atoms with Crippen LogP contribution in [-0.4, -0.2) is 47.3 Å². The van der Waals surface area contributed by atoms with E-state index in [1.165, 1.54) is 0 Å². The molecule has 2 nitrogen and oxygen atoms in total. The summed E-state index contributed by atoms with van der Waals surface area (Å²) in [7, 11) is 0. The molecule has 1 aliphatic rings. The first kappa shape index (κ1) is 21.6. The van der Waals surface area contributed by atoms with E-state index in [1.807, 2.05) is 0 Å². The van der Waals surface area contributed by atoms with Crippen molar-refractivity contribution >= 4 is 5.91 Å². The molecule has 1 amide bonds.